The molecule has 11 heavy (non-hydrogen) atoms. The maximum Gasteiger partial charge on any atom is -0.369 e. The van der Waals surface area contributed by atoms with Gasteiger partial charge < -0.3 is 18.5 Å². The Balaban J connectivity index is -0.0000000817. The van der Waals surface area contributed by atoms with Crippen molar-refractivity contribution in [3.8, 4) is 0 Å². The minimum Gasteiger partial charge on any atom is -0.369 e. The minimum absolute atomic E-state index is 0. The fraction of sp³-hybridized carbons (Fsp3) is 0. The summed E-state index contributed by atoms with van der Waals surface area (Å²) in [6, 6.07) is 0. The van der Waals surface area contributed by atoms with Crippen molar-refractivity contribution in [2.45, 2.75) is 0 Å². The van der Waals surface area contributed by atoms with E-state index in [9.17, 15) is 0 Å². The van der Waals surface area contributed by atoms with Crippen molar-refractivity contribution >= 4 is 66.7 Å². The molecule has 0 fully saturated rings. The predicted octanol–water partition coefficient (Wildman–Crippen LogP) is 5.95. The van der Waals surface area contributed by atoms with Gasteiger partial charge in [-0.2, -0.15) is 0 Å². The average molecular weight is 409 g/mol. The molecule has 0 saturated heterocycles. The van der Waals surface area contributed by atoms with Gasteiger partial charge in [0.25, 0.3) is 0 Å². The van der Waals surface area contributed by atoms with E-state index in [1.54, 1.807) is 0 Å². The third-order valence-corrected chi connectivity index (χ3v) is 0. The van der Waals surface area contributed by atoms with Gasteiger partial charge in [-0.15, -0.1) is 0 Å². The number of hydrogen-bond acceptors (Lipinski definition) is 0. The molecule has 0 bridgehead atoms. The van der Waals surface area contributed by atoms with Crippen molar-refractivity contribution in [1.29, 1.82) is 0 Å². The predicted molar refractivity (Wildman–Crippen MR) is 58.9 cm³/mol. The molecule has 0 unspecified atom stereocenters. The Labute approximate surface area is 88.8 Å². The first-order valence-corrected chi connectivity index (χ1v) is 14.8. The zero-order valence-corrected chi connectivity index (χ0v) is 12.8. The summed E-state index contributed by atoms with van der Waals surface area (Å²) < 4.78 is -6.17. The third kappa shape index (κ3) is 212. The molecule has 0 rings (SSSR count). The van der Waals surface area contributed by atoms with Crippen molar-refractivity contribution in [2.75, 3.05) is 0 Å². The molecule has 3 nitrogen and oxygen atoms in total. The van der Waals surface area contributed by atoms with E-state index in [-0.39, 0.29) is 18.5 Å². The molecule has 0 radical (unpaired) electrons. The Morgan fingerprint density at radius 3 is 0.455 bits per heavy atom. The van der Waals surface area contributed by atoms with Crippen LogP contribution in [-0.4, -0.2) is 0 Å². The average Bonchev–Trinajstić information content (AvgIpc) is 0.544. The van der Waals surface area contributed by atoms with E-state index in [2.05, 4.69) is 0 Å². The summed E-state index contributed by atoms with van der Waals surface area (Å²) in [5.74, 6) is 0. The maximum atomic E-state index is 5.05. The molecule has 0 aliphatic carbocycles. The first-order chi connectivity index (χ1) is 2.65. The molecule has 0 heterocycles. The zero-order chi connectivity index (χ0) is 7.38. The van der Waals surface area contributed by atoms with Crippen LogP contribution in [0.4, 0.5) is 0 Å². The van der Waals surface area contributed by atoms with E-state index in [1.807, 2.05) is 0 Å². The number of rotatable bonds is 0. The second-order valence-electron chi connectivity index (χ2n) is 0.949. The molecule has 0 aromatic rings. The van der Waals surface area contributed by atoms with Crippen molar-refractivity contribution < 1.29 is 4.73 Å². The Hall–Kier alpha value is 2.57. The standard InChI is InChI=1S/7ClH.3H3N.Pd/h7*1H;3*1H3;/q;;;;;;;;;;+4/p-4. The Bertz CT molecular complexity index is 106. The maximum absolute atomic E-state index is 6.17. The van der Waals surface area contributed by atoms with E-state index in [0.717, 1.165) is 0 Å². The third-order valence-electron chi connectivity index (χ3n) is 0. The fourth-order valence-corrected chi connectivity index (χ4v) is 0. The monoisotopic (exact) mass is 405 g/mol. The number of hydrogen-bond donors (Lipinski definition) is 3. The summed E-state index contributed by atoms with van der Waals surface area (Å²) in [7, 11) is 35.3. The fourth-order valence-electron chi connectivity index (χ4n) is 0. The summed E-state index contributed by atoms with van der Waals surface area (Å²) in [4.78, 5) is 0. The molecule has 0 amide bonds. The summed E-state index contributed by atoms with van der Waals surface area (Å²) >= 11 is 0. The van der Waals surface area contributed by atoms with Gasteiger partial charge in [-0.1, -0.05) is 0 Å². The molecule has 86 valence electrons. The van der Waals surface area contributed by atoms with Crippen LogP contribution < -0.4 is 18.5 Å². The second-order valence-corrected chi connectivity index (χ2v) is 50.5. The van der Waals surface area contributed by atoms with Crippen LogP contribution in [0.3, 0.4) is 0 Å². The van der Waals surface area contributed by atoms with Gasteiger partial charge in [0.2, 0.25) is 0 Å². The van der Waals surface area contributed by atoms with Crippen LogP contribution in [0.2, 0.25) is 0 Å². The van der Waals surface area contributed by atoms with Gasteiger partial charge in [-0.3, -0.25) is 0 Å². The van der Waals surface area contributed by atoms with Gasteiger partial charge in [-0.05, 0) is 0 Å². The van der Waals surface area contributed by atoms with Crippen molar-refractivity contribution in [3.63, 3.8) is 0 Å². The van der Waals surface area contributed by atoms with Gasteiger partial charge in [0.1, 0.15) is 0 Å². The Morgan fingerprint density at radius 1 is 0.455 bits per heavy atom. The Morgan fingerprint density at radius 2 is 0.455 bits per heavy atom. The summed E-state index contributed by atoms with van der Waals surface area (Å²) in [6.07, 6.45) is 0. The van der Waals surface area contributed by atoms with Crippen LogP contribution in [0.25, 0.3) is 0 Å². The van der Waals surface area contributed by atoms with E-state index >= 15 is 0 Å². The SMILES string of the molecule is [Cl][Pd-3]([Cl])([Cl])([Cl])([Cl])([Cl])[Cl].[NH4+].[NH4+].[NH4+]. The van der Waals surface area contributed by atoms with Gasteiger partial charge in [0.05, 0.1) is 0 Å². The molecule has 11 heteroatoms. The van der Waals surface area contributed by atoms with E-state index in [4.69, 9.17) is 66.7 Å². The summed E-state index contributed by atoms with van der Waals surface area (Å²) in [5, 5.41) is 0. The molecule has 0 saturated carbocycles. The smallest absolute Gasteiger partial charge is 0.369 e. The van der Waals surface area contributed by atoms with Crippen LogP contribution in [0.15, 0.2) is 0 Å². The second kappa shape index (κ2) is 3.03. The summed E-state index contributed by atoms with van der Waals surface area (Å²) in [6.45, 7) is 0. The molecule has 0 aliphatic heterocycles. The number of halogens is 7. The Kier molecular flexibility index (Phi) is 6.45. The number of quaternary nitrogens is 3. The quantitative estimate of drug-likeness (QED) is 0.411. The zero-order valence-electron chi connectivity index (χ0n) is 5.96. The van der Waals surface area contributed by atoms with E-state index in [0.29, 0.717) is 0 Å². The molecule has 12 N–H and O–H groups in total. The van der Waals surface area contributed by atoms with Crippen LogP contribution in [0.1, 0.15) is 0 Å². The van der Waals surface area contributed by atoms with Gasteiger partial charge in [0, 0.05) is 0 Å². The van der Waals surface area contributed by atoms with Gasteiger partial charge in [-0.25, -0.2) is 0 Å². The van der Waals surface area contributed by atoms with E-state index < -0.39 is 4.73 Å². The largest absolute Gasteiger partial charge is 0.369 e. The molecule has 0 aromatic carbocycles. The van der Waals surface area contributed by atoms with Gasteiger partial charge >= 0.3 is 71.4 Å². The molecule has 0 atom stereocenters. The minimum atomic E-state index is -6.17. The van der Waals surface area contributed by atoms with Crippen molar-refractivity contribution in [3.05, 3.63) is 0 Å². The van der Waals surface area contributed by atoms with Crippen molar-refractivity contribution in [1.82, 2.24) is 18.5 Å². The van der Waals surface area contributed by atoms with Crippen LogP contribution in [0, 0.1) is 0 Å². The summed E-state index contributed by atoms with van der Waals surface area (Å²) in [5.41, 5.74) is 0. The topological polar surface area (TPSA) is 110 Å². The molecular formula is H12Cl7N3Pd. The van der Waals surface area contributed by atoms with Crippen molar-refractivity contribution in [2.24, 2.45) is 0 Å². The first kappa shape index (κ1) is 23.4. The van der Waals surface area contributed by atoms with Crippen LogP contribution in [0.5, 0.6) is 0 Å². The molecule has 0 spiro atoms. The molecular weight excluding hydrogens is 397 g/mol. The van der Waals surface area contributed by atoms with Gasteiger partial charge in [0.15, 0.2) is 0 Å². The van der Waals surface area contributed by atoms with E-state index in [1.165, 1.54) is 0 Å². The van der Waals surface area contributed by atoms with Crippen LogP contribution in [-0.2, 0) is 4.73 Å². The molecule has 0 aromatic heterocycles. The normalized spacial score (nSPS) is 19.7. The molecule has 0 aliphatic rings. The first-order valence-electron chi connectivity index (χ1n) is 0.837. The van der Waals surface area contributed by atoms with Crippen LogP contribution >= 0.6 is 66.7 Å².